The fraction of sp³-hybridized carbons (Fsp3) is 0.368. The first-order chi connectivity index (χ1) is 13.5. The summed E-state index contributed by atoms with van der Waals surface area (Å²) in [5.74, 6) is -2.22. The molecule has 1 N–H and O–H groups in total. The van der Waals surface area contributed by atoms with Gasteiger partial charge < -0.3 is 9.47 Å². The third kappa shape index (κ3) is 2.58. The Labute approximate surface area is 161 Å². The number of imide groups is 1. The van der Waals surface area contributed by atoms with E-state index in [1.54, 1.807) is 42.4 Å². The normalized spacial score (nSPS) is 26.5. The molecule has 4 atom stereocenters. The van der Waals surface area contributed by atoms with Gasteiger partial charge in [0.15, 0.2) is 0 Å². The lowest BCUT2D eigenvalue weighted by Gasteiger charge is -2.22. The van der Waals surface area contributed by atoms with Crippen molar-refractivity contribution in [3.05, 3.63) is 42.2 Å². The second-order valence-electron chi connectivity index (χ2n) is 6.81. The predicted octanol–water partition coefficient (Wildman–Crippen LogP) is 0.298. The molecule has 9 nitrogen and oxygen atoms in total. The summed E-state index contributed by atoms with van der Waals surface area (Å²) in [4.78, 5) is 38.9. The number of methoxy groups -OCH3 is 2. The van der Waals surface area contributed by atoms with E-state index in [1.807, 2.05) is 6.07 Å². The van der Waals surface area contributed by atoms with E-state index >= 15 is 0 Å². The van der Waals surface area contributed by atoms with Crippen LogP contribution in [0.4, 0.5) is 0 Å². The number of carbonyl (C=O) groups excluding carboxylic acids is 3. The van der Waals surface area contributed by atoms with Gasteiger partial charge in [-0.1, -0.05) is 0 Å². The van der Waals surface area contributed by atoms with Crippen LogP contribution < -0.4 is 10.1 Å². The summed E-state index contributed by atoms with van der Waals surface area (Å²) in [6.45, 7) is 0. The Bertz CT molecular complexity index is 942. The molecule has 2 aliphatic rings. The lowest BCUT2D eigenvalue weighted by Crippen LogP contribution is -2.42. The Morgan fingerprint density at radius 2 is 1.93 bits per heavy atom. The van der Waals surface area contributed by atoms with Crippen molar-refractivity contribution in [2.75, 3.05) is 21.3 Å². The maximum atomic E-state index is 12.8. The van der Waals surface area contributed by atoms with Crippen molar-refractivity contribution in [2.24, 2.45) is 11.8 Å². The Kier molecular flexibility index (Phi) is 4.38. The highest BCUT2D eigenvalue weighted by atomic mass is 16.5. The van der Waals surface area contributed by atoms with E-state index in [2.05, 4.69) is 10.4 Å². The number of benzene rings is 1. The molecule has 1 aromatic heterocycles. The van der Waals surface area contributed by atoms with Gasteiger partial charge >= 0.3 is 5.97 Å². The van der Waals surface area contributed by atoms with Crippen LogP contribution >= 0.6 is 0 Å². The summed E-state index contributed by atoms with van der Waals surface area (Å²) >= 11 is 0. The molecule has 2 amide bonds. The summed E-state index contributed by atoms with van der Waals surface area (Å²) in [6.07, 6.45) is 3.43. The molecule has 2 saturated heterocycles. The number of aromatic nitrogens is 2. The van der Waals surface area contributed by atoms with Crippen molar-refractivity contribution in [1.29, 1.82) is 0 Å². The SMILES string of the molecule is COC(=O)[C@H]1N[C@@H](c2cc(OC)ccc2-n2cccn2)[C@H]2C(=O)N(C)C(=O)[C@H]21. The quantitative estimate of drug-likeness (QED) is 0.597. The molecule has 1 aromatic carbocycles. The van der Waals surface area contributed by atoms with Crippen molar-refractivity contribution < 1.29 is 23.9 Å². The van der Waals surface area contributed by atoms with Gasteiger partial charge in [0.1, 0.15) is 11.8 Å². The van der Waals surface area contributed by atoms with Gasteiger partial charge in [-0.25, -0.2) is 4.68 Å². The molecule has 146 valence electrons. The number of nitrogens with one attached hydrogen (secondary N) is 1. The molecular formula is C19H20N4O5. The van der Waals surface area contributed by atoms with E-state index in [-0.39, 0.29) is 11.8 Å². The Hall–Kier alpha value is -3.20. The number of amides is 2. The van der Waals surface area contributed by atoms with Crippen LogP contribution in [0.15, 0.2) is 36.7 Å². The second kappa shape index (κ2) is 6.75. The minimum atomic E-state index is -0.905. The smallest absolute Gasteiger partial charge is 0.323 e. The highest BCUT2D eigenvalue weighted by Crippen LogP contribution is 2.45. The molecule has 9 heteroatoms. The third-order valence-electron chi connectivity index (χ3n) is 5.47. The topological polar surface area (TPSA) is 103 Å². The number of nitrogens with zero attached hydrogens (tertiary/aromatic N) is 3. The standard InChI is InChI=1S/C19H20N4O5/c1-22-17(24)13-14(18(22)25)16(19(26)28-3)21-15(13)11-9-10(27-2)5-6-12(11)23-8-4-7-20-23/h4-9,13-16,21H,1-3H3/t13-,14+,15-,16-/m0/s1. The summed E-state index contributed by atoms with van der Waals surface area (Å²) in [5.41, 5.74) is 1.43. The van der Waals surface area contributed by atoms with E-state index in [9.17, 15) is 14.4 Å². The molecule has 0 aliphatic carbocycles. The fourth-order valence-corrected chi connectivity index (χ4v) is 4.12. The van der Waals surface area contributed by atoms with E-state index in [0.717, 1.165) is 10.6 Å². The number of esters is 1. The van der Waals surface area contributed by atoms with Crippen molar-refractivity contribution >= 4 is 17.8 Å². The Morgan fingerprint density at radius 1 is 1.18 bits per heavy atom. The molecule has 28 heavy (non-hydrogen) atoms. The second-order valence-corrected chi connectivity index (χ2v) is 6.81. The zero-order valence-electron chi connectivity index (χ0n) is 15.7. The maximum absolute atomic E-state index is 12.8. The average Bonchev–Trinajstić information content (AvgIpc) is 3.42. The molecule has 2 aliphatic heterocycles. The summed E-state index contributed by atoms with van der Waals surface area (Å²) in [5, 5.41) is 7.43. The van der Waals surface area contributed by atoms with Crippen molar-refractivity contribution in [2.45, 2.75) is 12.1 Å². The van der Waals surface area contributed by atoms with E-state index < -0.39 is 29.9 Å². The first-order valence-electron chi connectivity index (χ1n) is 8.81. The third-order valence-corrected chi connectivity index (χ3v) is 5.47. The number of hydrogen-bond acceptors (Lipinski definition) is 7. The largest absolute Gasteiger partial charge is 0.497 e. The van der Waals surface area contributed by atoms with Crippen molar-refractivity contribution in [3.8, 4) is 11.4 Å². The van der Waals surface area contributed by atoms with Crippen LogP contribution in [-0.2, 0) is 19.1 Å². The molecule has 0 bridgehead atoms. The number of hydrogen-bond donors (Lipinski definition) is 1. The zero-order chi connectivity index (χ0) is 20.0. The number of fused-ring (bicyclic) bond motifs is 1. The predicted molar refractivity (Wildman–Crippen MR) is 96.6 cm³/mol. The van der Waals surface area contributed by atoms with Gasteiger partial charge in [-0.05, 0) is 29.8 Å². The maximum Gasteiger partial charge on any atom is 0.323 e. The number of likely N-dealkylation sites (tertiary alicyclic amines) is 1. The highest BCUT2D eigenvalue weighted by Gasteiger charge is 2.60. The van der Waals surface area contributed by atoms with Gasteiger partial charge in [0.05, 0.1) is 31.7 Å². The van der Waals surface area contributed by atoms with Crippen molar-refractivity contribution in [3.63, 3.8) is 0 Å². The van der Waals surface area contributed by atoms with E-state index in [0.29, 0.717) is 11.3 Å². The fourth-order valence-electron chi connectivity index (χ4n) is 4.12. The molecule has 2 fully saturated rings. The Balaban J connectivity index is 1.85. The van der Waals surface area contributed by atoms with E-state index in [4.69, 9.17) is 9.47 Å². The van der Waals surface area contributed by atoms with Crippen LogP contribution in [0.1, 0.15) is 11.6 Å². The molecule has 0 saturated carbocycles. The average molecular weight is 384 g/mol. The molecule has 0 unspecified atom stereocenters. The van der Waals surface area contributed by atoms with Crippen LogP contribution in [0.25, 0.3) is 5.69 Å². The lowest BCUT2D eigenvalue weighted by atomic mass is 9.86. The molecule has 2 aromatic rings. The van der Waals surface area contributed by atoms with Crippen LogP contribution in [0.3, 0.4) is 0 Å². The summed E-state index contributed by atoms with van der Waals surface area (Å²) in [7, 11) is 4.25. The first-order valence-corrected chi connectivity index (χ1v) is 8.81. The van der Waals surface area contributed by atoms with Crippen LogP contribution in [-0.4, -0.2) is 59.8 Å². The number of ether oxygens (including phenoxy) is 2. The first kappa shape index (κ1) is 18.2. The zero-order valence-corrected chi connectivity index (χ0v) is 15.7. The van der Waals surface area contributed by atoms with Gasteiger partial charge in [-0.2, -0.15) is 5.10 Å². The molecular weight excluding hydrogens is 364 g/mol. The van der Waals surface area contributed by atoms with Gasteiger partial charge in [-0.3, -0.25) is 24.6 Å². The van der Waals surface area contributed by atoms with Crippen LogP contribution in [0.5, 0.6) is 5.75 Å². The van der Waals surface area contributed by atoms with E-state index in [1.165, 1.54) is 14.2 Å². The van der Waals surface area contributed by atoms with Crippen LogP contribution in [0.2, 0.25) is 0 Å². The minimum Gasteiger partial charge on any atom is -0.497 e. The van der Waals surface area contributed by atoms with Gasteiger partial charge in [-0.15, -0.1) is 0 Å². The monoisotopic (exact) mass is 384 g/mol. The van der Waals surface area contributed by atoms with Gasteiger partial charge in [0, 0.05) is 25.5 Å². The highest BCUT2D eigenvalue weighted by molar-refractivity contribution is 6.08. The summed E-state index contributed by atoms with van der Waals surface area (Å²) < 4.78 is 11.9. The van der Waals surface area contributed by atoms with Gasteiger partial charge in [0.2, 0.25) is 11.8 Å². The molecule has 0 radical (unpaired) electrons. The van der Waals surface area contributed by atoms with Crippen molar-refractivity contribution in [1.82, 2.24) is 20.0 Å². The Morgan fingerprint density at radius 3 is 2.57 bits per heavy atom. The van der Waals surface area contributed by atoms with Crippen LogP contribution in [0, 0.1) is 11.8 Å². The molecule has 0 spiro atoms. The lowest BCUT2D eigenvalue weighted by molar-refractivity contribution is -0.147. The minimum absolute atomic E-state index is 0.326. The molecule has 4 rings (SSSR count). The number of carbonyl (C=O) groups is 3. The molecule has 3 heterocycles. The number of rotatable bonds is 4. The van der Waals surface area contributed by atoms with Gasteiger partial charge in [0.25, 0.3) is 0 Å². The summed E-state index contributed by atoms with van der Waals surface area (Å²) in [6, 6.07) is 5.71.